The molecule has 0 spiro atoms. The van der Waals surface area contributed by atoms with E-state index in [2.05, 4.69) is 25.6 Å². The molecule has 0 radical (unpaired) electrons. The number of halogens is 2. The van der Waals surface area contributed by atoms with Crippen molar-refractivity contribution in [2.45, 2.75) is 64.7 Å². The van der Waals surface area contributed by atoms with E-state index in [4.69, 9.17) is 0 Å². The summed E-state index contributed by atoms with van der Waals surface area (Å²) >= 11 is 0. The molecular formula is C21H33F2NO. The second kappa shape index (κ2) is 12.6. The largest absolute Gasteiger partial charge is 0.347 e. The first kappa shape index (κ1) is 23.3. The molecule has 0 fully saturated rings. The number of hydrogen-bond donors (Lipinski definition) is 0. The van der Waals surface area contributed by atoms with Gasteiger partial charge in [0.25, 0.3) is 0 Å². The summed E-state index contributed by atoms with van der Waals surface area (Å²) in [5.74, 6) is -2.21. The summed E-state index contributed by atoms with van der Waals surface area (Å²) in [5.41, 5.74) is 2.48. The minimum Gasteiger partial charge on any atom is -0.347 e. The van der Waals surface area contributed by atoms with Gasteiger partial charge in [0.15, 0.2) is 0 Å². The van der Waals surface area contributed by atoms with Gasteiger partial charge in [-0.3, -0.25) is 4.79 Å². The molecular weight excluding hydrogens is 320 g/mol. The Morgan fingerprint density at radius 3 is 2.24 bits per heavy atom. The number of rotatable bonds is 10. The lowest BCUT2D eigenvalue weighted by molar-refractivity contribution is -0.117. The van der Waals surface area contributed by atoms with Gasteiger partial charge in [-0.25, -0.2) is 8.78 Å². The smallest absolute Gasteiger partial charge is 0.245 e. The average Bonchev–Trinajstić information content (AvgIpc) is 2.60. The van der Waals surface area contributed by atoms with Crippen LogP contribution in [0, 0.1) is 0 Å². The molecule has 0 bridgehead atoms. The number of benzene rings is 1. The number of unbranched alkanes of at least 4 members (excludes halogenated alkanes) is 2. The maximum atomic E-state index is 11.5. The first-order chi connectivity index (χ1) is 11.7. The molecule has 0 aliphatic heterocycles. The van der Waals surface area contributed by atoms with Crippen molar-refractivity contribution in [2.24, 2.45) is 0 Å². The lowest BCUT2D eigenvalue weighted by Crippen LogP contribution is -2.24. The first-order valence-electron chi connectivity index (χ1n) is 9.01. The Hall–Kier alpha value is -1.71. The molecule has 0 saturated carbocycles. The Morgan fingerprint density at radius 1 is 1.24 bits per heavy atom. The van der Waals surface area contributed by atoms with E-state index in [0.29, 0.717) is 6.54 Å². The third-order valence-corrected chi connectivity index (χ3v) is 4.07. The highest BCUT2D eigenvalue weighted by Crippen LogP contribution is 2.27. The van der Waals surface area contributed by atoms with Gasteiger partial charge < -0.3 is 4.90 Å². The zero-order valence-electron chi connectivity index (χ0n) is 16.1. The quantitative estimate of drug-likeness (QED) is 0.285. The highest BCUT2D eigenvalue weighted by molar-refractivity contribution is 5.47. The lowest BCUT2D eigenvalue weighted by Gasteiger charge is -2.24. The Bertz CT molecular complexity index is 482. The van der Waals surface area contributed by atoms with E-state index in [1.165, 1.54) is 37.3 Å². The van der Waals surface area contributed by atoms with Crippen molar-refractivity contribution in [1.82, 2.24) is 4.90 Å². The Kier molecular flexibility index (Phi) is 11.8. The molecule has 0 aliphatic rings. The fourth-order valence-electron chi connectivity index (χ4n) is 2.26. The highest BCUT2D eigenvalue weighted by Gasteiger charge is 2.16. The summed E-state index contributed by atoms with van der Waals surface area (Å²) in [7, 11) is 1.82. The third kappa shape index (κ3) is 11.5. The fourth-order valence-corrected chi connectivity index (χ4v) is 2.26. The van der Waals surface area contributed by atoms with E-state index >= 15 is 0 Å². The van der Waals surface area contributed by atoms with Gasteiger partial charge in [0.05, 0.1) is 0 Å². The van der Waals surface area contributed by atoms with Crippen LogP contribution in [0.25, 0.3) is 0 Å². The molecule has 0 aromatic heterocycles. The Balaban J connectivity index is 0.000000823. The van der Waals surface area contributed by atoms with Gasteiger partial charge in [-0.2, -0.15) is 0 Å². The summed E-state index contributed by atoms with van der Waals surface area (Å²) in [5, 5.41) is 0. The van der Waals surface area contributed by atoms with Gasteiger partial charge >= 0.3 is 0 Å². The molecule has 0 N–H and O–H groups in total. The maximum Gasteiger partial charge on any atom is 0.245 e. The summed E-state index contributed by atoms with van der Waals surface area (Å²) in [6.07, 6.45) is 5.51. The molecule has 142 valence electrons. The molecule has 25 heavy (non-hydrogen) atoms. The van der Waals surface area contributed by atoms with Crippen LogP contribution < -0.4 is 0 Å². The topological polar surface area (TPSA) is 20.3 Å². The van der Waals surface area contributed by atoms with Crippen LogP contribution in [-0.2, 0) is 4.79 Å². The lowest BCUT2D eigenvalue weighted by atomic mass is 9.88. The highest BCUT2D eigenvalue weighted by atomic mass is 19.3. The molecule has 0 aliphatic carbocycles. The van der Waals surface area contributed by atoms with Crippen molar-refractivity contribution in [3.05, 3.63) is 48.0 Å². The van der Waals surface area contributed by atoms with E-state index in [9.17, 15) is 13.6 Å². The molecule has 2 nitrogen and oxygen atoms in total. The summed E-state index contributed by atoms with van der Waals surface area (Å²) in [4.78, 5) is 12.5. The summed E-state index contributed by atoms with van der Waals surface area (Å²) in [6.45, 7) is 9.53. The molecule has 1 atom stereocenters. The first-order valence-corrected chi connectivity index (χ1v) is 9.01. The third-order valence-electron chi connectivity index (χ3n) is 4.07. The number of likely N-dealkylation sites (N-methyl/N-ethyl adjacent to an activating group) is 1. The van der Waals surface area contributed by atoms with Crippen molar-refractivity contribution in [1.29, 1.82) is 0 Å². The van der Waals surface area contributed by atoms with E-state index in [1.54, 1.807) is 4.90 Å². The minimum atomic E-state index is -2.46. The molecule has 0 heterocycles. The zero-order chi connectivity index (χ0) is 19.3. The van der Waals surface area contributed by atoms with Crippen LogP contribution in [0.3, 0.4) is 0 Å². The maximum absolute atomic E-state index is 11.5. The van der Waals surface area contributed by atoms with E-state index in [1.807, 2.05) is 25.2 Å². The number of hydrogen-bond acceptors (Lipinski definition) is 1. The van der Waals surface area contributed by atoms with Crippen LogP contribution in [0.5, 0.6) is 0 Å². The standard InChI is InChI=1S/C17H25NO.C4H8F2/c1-4-5-7-10-15(2)17(13-18(3)14-19)16-11-8-6-9-12-16;1-3-4(2,5)6/h6,8-9,11-12,14,17H,2,4-5,7,10,13H2,1,3H3;3H2,1-2H3. The second-order valence-electron chi connectivity index (χ2n) is 6.55. The summed E-state index contributed by atoms with van der Waals surface area (Å²) in [6, 6.07) is 10.3. The monoisotopic (exact) mass is 353 g/mol. The molecule has 1 unspecified atom stereocenters. The van der Waals surface area contributed by atoms with E-state index in [-0.39, 0.29) is 12.3 Å². The predicted octanol–water partition coefficient (Wildman–Crippen LogP) is 6.05. The number of amides is 1. The normalized spacial score (nSPS) is 11.9. The van der Waals surface area contributed by atoms with Crippen LogP contribution in [0.1, 0.15) is 64.4 Å². The Labute approximate surface area is 151 Å². The van der Waals surface area contributed by atoms with Crippen molar-refractivity contribution in [2.75, 3.05) is 13.6 Å². The van der Waals surface area contributed by atoms with E-state index < -0.39 is 5.92 Å². The fraction of sp³-hybridized carbons (Fsp3) is 0.571. The Morgan fingerprint density at radius 2 is 1.80 bits per heavy atom. The van der Waals surface area contributed by atoms with Gasteiger partial charge in [-0.15, -0.1) is 0 Å². The van der Waals surface area contributed by atoms with Crippen LogP contribution in [0.4, 0.5) is 8.78 Å². The molecule has 1 amide bonds. The zero-order valence-corrected chi connectivity index (χ0v) is 16.1. The van der Waals surface area contributed by atoms with Crippen LogP contribution >= 0.6 is 0 Å². The minimum absolute atomic E-state index is 0.0625. The van der Waals surface area contributed by atoms with Gasteiger partial charge in [0, 0.05) is 25.9 Å². The van der Waals surface area contributed by atoms with Crippen molar-refractivity contribution in [3.63, 3.8) is 0 Å². The van der Waals surface area contributed by atoms with Gasteiger partial charge in [-0.1, -0.05) is 69.2 Å². The molecule has 1 aromatic rings. The molecule has 4 heteroatoms. The van der Waals surface area contributed by atoms with E-state index in [0.717, 1.165) is 19.8 Å². The van der Waals surface area contributed by atoms with Crippen LogP contribution in [0.15, 0.2) is 42.5 Å². The van der Waals surface area contributed by atoms with Crippen LogP contribution in [0.2, 0.25) is 0 Å². The summed E-state index contributed by atoms with van der Waals surface area (Å²) < 4.78 is 22.9. The van der Waals surface area contributed by atoms with Crippen LogP contribution in [-0.4, -0.2) is 30.8 Å². The van der Waals surface area contributed by atoms with Gasteiger partial charge in [0.2, 0.25) is 12.3 Å². The molecule has 1 aromatic carbocycles. The van der Waals surface area contributed by atoms with Crippen molar-refractivity contribution < 1.29 is 13.6 Å². The van der Waals surface area contributed by atoms with Gasteiger partial charge in [0.1, 0.15) is 0 Å². The molecule has 0 saturated heterocycles. The molecule has 1 rings (SSSR count). The number of alkyl halides is 2. The second-order valence-corrected chi connectivity index (χ2v) is 6.55. The van der Waals surface area contributed by atoms with Gasteiger partial charge in [-0.05, 0) is 25.3 Å². The predicted molar refractivity (Wildman–Crippen MR) is 102 cm³/mol. The number of carbonyl (C=O) groups excluding carboxylic acids is 1. The van der Waals surface area contributed by atoms with Crippen molar-refractivity contribution >= 4 is 6.41 Å². The van der Waals surface area contributed by atoms with Crippen molar-refractivity contribution in [3.8, 4) is 0 Å². The number of nitrogens with zero attached hydrogens (tertiary/aromatic N) is 1. The SMILES string of the molecule is C=C(CCCCC)C(CN(C)C=O)c1ccccc1.CCC(C)(F)F. The number of carbonyl (C=O) groups is 1. The average molecular weight is 353 g/mol.